The number of unbranched alkanes of at least 4 members (excludes halogenated alkanes) is 10. The van der Waals surface area contributed by atoms with Gasteiger partial charge in [0.1, 0.15) is 43.2 Å². The first-order valence-corrected chi connectivity index (χ1v) is 24.8. The lowest BCUT2D eigenvalue weighted by molar-refractivity contribution is -0.220. The summed E-state index contributed by atoms with van der Waals surface area (Å²) in [5.41, 5.74) is 0. The average molecular weight is 923 g/mol. The lowest BCUT2D eigenvalue weighted by Gasteiger charge is -2.41. The zero-order valence-corrected chi connectivity index (χ0v) is 39.2. The fourth-order valence-corrected chi connectivity index (χ4v) is 7.34. The van der Waals surface area contributed by atoms with E-state index in [1.807, 2.05) is 48.6 Å². The van der Waals surface area contributed by atoms with Crippen molar-refractivity contribution >= 4 is 25.5 Å². The Labute approximate surface area is 382 Å². The first-order valence-electron chi connectivity index (χ1n) is 23.3. The minimum absolute atomic E-state index is 0.0205. The van der Waals surface area contributed by atoms with Crippen LogP contribution in [0.4, 0.5) is 0 Å². The topological polar surface area (TPSA) is 227 Å². The van der Waals surface area contributed by atoms with Crippen LogP contribution in [0.5, 0.6) is 0 Å². The second kappa shape index (κ2) is 37.9. The SMILES string of the molecule is CCCCCCCC/C=C\C/C=C\C/C=C\CCCC(=O)OC[C@H](COP(=O)(O)OC1[C@H](O)[C@H](O)C(O)[C@H](O)[C@H]1O)OC(=O)CCC/C=C\C/C=C\C/C=C\C=C\C(=O)CCCCC. The third-order valence-corrected chi connectivity index (χ3v) is 11.2. The van der Waals surface area contributed by atoms with Crippen LogP contribution in [-0.4, -0.2) is 104 Å². The van der Waals surface area contributed by atoms with Gasteiger partial charge in [-0.1, -0.05) is 138 Å². The molecule has 0 bridgehead atoms. The van der Waals surface area contributed by atoms with Crippen molar-refractivity contribution in [2.24, 2.45) is 0 Å². The van der Waals surface area contributed by atoms with Crippen LogP contribution in [0.15, 0.2) is 85.1 Å². The molecular weight excluding hydrogens is 843 g/mol. The van der Waals surface area contributed by atoms with Crippen molar-refractivity contribution < 1.29 is 67.9 Å². The maximum absolute atomic E-state index is 12.8. The van der Waals surface area contributed by atoms with Gasteiger partial charge in [-0.25, -0.2) is 4.57 Å². The molecule has 0 aliphatic heterocycles. The molecule has 1 aliphatic rings. The Morgan fingerprint density at radius 2 is 1.00 bits per heavy atom. The van der Waals surface area contributed by atoms with Crippen molar-refractivity contribution in [3.63, 3.8) is 0 Å². The minimum atomic E-state index is -5.16. The molecule has 0 amide bonds. The molecule has 1 rings (SSSR count). The van der Waals surface area contributed by atoms with Gasteiger partial charge in [-0.05, 0) is 76.7 Å². The summed E-state index contributed by atoms with van der Waals surface area (Å²) < 4.78 is 33.4. The van der Waals surface area contributed by atoms with Crippen molar-refractivity contribution in [1.29, 1.82) is 0 Å². The summed E-state index contributed by atoms with van der Waals surface area (Å²) in [4.78, 5) is 47.4. The summed E-state index contributed by atoms with van der Waals surface area (Å²) >= 11 is 0. The minimum Gasteiger partial charge on any atom is -0.462 e. The van der Waals surface area contributed by atoms with E-state index < -0.39 is 75.7 Å². The normalized spacial score (nSPS) is 22.2. The number of carbonyl (C=O) groups excluding carboxylic acids is 3. The highest BCUT2D eigenvalue weighted by Gasteiger charge is 2.51. The van der Waals surface area contributed by atoms with Crippen LogP contribution in [0, 0.1) is 0 Å². The monoisotopic (exact) mass is 923 g/mol. The number of ketones is 1. The Balaban J connectivity index is 2.57. The third-order valence-electron chi connectivity index (χ3n) is 10.2. The molecular formula is C49H79O14P. The summed E-state index contributed by atoms with van der Waals surface area (Å²) in [6, 6.07) is 0. The van der Waals surface area contributed by atoms with Gasteiger partial charge in [0.2, 0.25) is 0 Å². The highest BCUT2D eigenvalue weighted by atomic mass is 31.2. The number of aliphatic hydroxyl groups is 5. The molecule has 14 nitrogen and oxygen atoms in total. The molecule has 6 N–H and O–H groups in total. The molecule has 0 spiro atoms. The molecule has 0 aromatic heterocycles. The van der Waals surface area contributed by atoms with Gasteiger partial charge in [0.15, 0.2) is 11.9 Å². The Morgan fingerprint density at radius 3 is 1.58 bits per heavy atom. The van der Waals surface area contributed by atoms with Crippen molar-refractivity contribution in [1.82, 2.24) is 0 Å². The Morgan fingerprint density at radius 1 is 0.531 bits per heavy atom. The van der Waals surface area contributed by atoms with Gasteiger partial charge in [-0.3, -0.25) is 23.4 Å². The quantitative estimate of drug-likeness (QED) is 0.00859. The van der Waals surface area contributed by atoms with Crippen LogP contribution < -0.4 is 0 Å². The standard InChI is InChI=1S/C49H79O14P/c1-3-5-7-8-9-10-11-12-13-14-15-16-19-22-25-28-32-36-42(51)60-38-41(39-61-64(58,59)63-49-47(56)45(54)44(53)46(55)48(49)57)62-43(52)37-33-29-26-23-20-17-18-21-24-27-31-35-40(50)34-30-6-4-2/h12-13,15-18,22-27,31,35,41,44-49,53-57H,3-11,14,19-21,28-30,32-34,36-39H2,1-2H3,(H,58,59)/b13-12-,16-15-,18-17-,25-22-,26-23-,27-24-,35-31+/t41-,44?,45-,46+,47-,48-,49?/m1/s1. The molecule has 0 aromatic carbocycles. The third kappa shape index (κ3) is 30.0. The fraction of sp³-hybridized carbons (Fsp3) is 0.653. The first-order chi connectivity index (χ1) is 30.8. The van der Waals surface area contributed by atoms with E-state index in [4.69, 9.17) is 18.5 Å². The van der Waals surface area contributed by atoms with Crippen LogP contribution in [0.25, 0.3) is 0 Å². The van der Waals surface area contributed by atoms with E-state index in [-0.39, 0.29) is 18.6 Å². The molecule has 0 aromatic rings. The van der Waals surface area contributed by atoms with E-state index in [0.29, 0.717) is 38.5 Å². The summed E-state index contributed by atoms with van der Waals surface area (Å²) in [5.74, 6) is -1.14. The van der Waals surface area contributed by atoms with Crippen molar-refractivity contribution in [2.45, 2.75) is 191 Å². The maximum Gasteiger partial charge on any atom is 0.472 e. The number of allylic oxidation sites excluding steroid dienone is 14. The van der Waals surface area contributed by atoms with Gasteiger partial charge in [0.25, 0.3) is 0 Å². The first kappa shape index (κ1) is 58.7. The fourth-order valence-electron chi connectivity index (χ4n) is 6.37. The van der Waals surface area contributed by atoms with E-state index in [1.54, 1.807) is 12.2 Å². The second-order valence-electron chi connectivity index (χ2n) is 15.9. The number of hydrogen-bond donors (Lipinski definition) is 6. The van der Waals surface area contributed by atoms with Crippen molar-refractivity contribution in [3.05, 3.63) is 85.1 Å². The number of phosphoric acid groups is 1. The summed E-state index contributed by atoms with van der Waals surface area (Å²) in [6.45, 7) is 3.03. The zero-order valence-electron chi connectivity index (χ0n) is 38.3. The number of aliphatic hydroxyl groups excluding tert-OH is 5. The number of hydrogen-bond acceptors (Lipinski definition) is 13. The van der Waals surface area contributed by atoms with Crippen LogP contribution in [0.2, 0.25) is 0 Å². The highest BCUT2D eigenvalue weighted by Crippen LogP contribution is 2.47. The van der Waals surface area contributed by atoms with Crippen LogP contribution in [0.1, 0.15) is 149 Å². The van der Waals surface area contributed by atoms with Gasteiger partial charge in [-0.15, -0.1) is 0 Å². The lowest BCUT2D eigenvalue weighted by atomic mass is 9.85. The summed E-state index contributed by atoms with van der Waals surface area (Å²) in [5, 5.41) is 50.1. The van der Waals surface area contributed by atoms with Crippen molar-refractivity contribution in [2.75, 3.05) is 13.2 Å². The van der Waals surface area contributed by atoms with Gasteiger partial charge >= 0.3 is 19.8 Å². The van der Waals surface area contributed by atoms with E-state index in [2.05, 4.69) is 38.2 Å². The van der Waals surface area contributed by atoms with E-state index in [9.17, 15) is 49.4 Å². The highest BCUT2D eigenvalue weighted by molar-refractivity contribution is 7.47. The second-order valence-corrected chi connectivity index (χ2v) is 17.3. The lowest BCUT2D eigenvalue weighted by Crippen LogP contribution is -2.64. The number of carbonyl (C=O) groups is 3. The molecule has 1 saturated carbocycles. The number of phosphoric ester groups is 1. The van der Waals surface area contributed by atoms with Gasteiger partial charge in [0.05, 0.1) is 6.61 Å². The Kier molecular flexibility index (Phi) is 34.7. The van der Waals surface area contributed by atoms with Crippen molar-refractivity contribution in [3.8, 4) is 0 Å². The van der Waals surface area contributed by atoms with Gasteiger partial charge in [-0.2, -0.15) is 0 Å². The molecule has 15 heteroatoms. The molecule has 0 saturated heterocycles. The number of esters is 2. The predicted molar refractivity (Wildman–Crippen MR) is 249 cm³/mol. The van der Waals surface area contributed by atoms with Crippen LogP contribution >= 0.6 is 7.82 Å². The number of ether oxygens (including phenoxy) is 2. The molecule has 3 unspecified atom stereocenters. The van der Waals surface area contributed by atoms with Gasteiger partial charge in [0, 0.05) is 19.3 Å². The van der Waals surface area contributed by atoms with Crippen LogP contribution in [-0.2, 0) is 37.5 Å². The van der Waals surface area contributed by atoms with E-state index in [1.165, 1.54) is 38.5 Å². The van der Waals surface area contributed by atoms with Crippen LogP contribution in [0.3, 0.4) is 0 Å². The van der Waals surface area contributed by atoms with Gasteiger partial charge < -0.3 is 39.9 Å². The smallest absolute Gasteiger partial charge is 0.462 e. The average Bonchev–Trinajstić information content (AvgIpc) is 3.27. The molecule has 0 radical (unpaired) electrons. The molecule has 364 valence electrons. The molecule has 1 fully saturated rings. The summed E-state index contributed by atoms with van der Waals surface area (Å²) in [6.07, 6.45) is 32.0. The number of rotatable bonds is 37. The molecule has 8 atom stereocenters. The Bertz CT molecular complexity index is 1500. The molecule has 1 aliphatic carbocycles. The van der Waals surface area contributed by atoms with E-state index >= 15 is 0 Å². The van der Waals surface area contributed by atoms with E-state index in [0.717, 1.165) is 44.9 Å². The maximum atomic E-state index is 12.8. The molecule has 0 heterocycles. The molecule has 64 heavy (non-hydrogen) atoms. The predicted octanol–water partition coefficient (Wildman–Crippen LogP) is 8.46. The largest absolute Gasteiger partial charge is 0.472 e. The zero-order chi connectivity index (χ0) is 47.3. The summed E-state index contributed by atoms with van der Waals surface area (Å²) in [7, 11) is -5.16. The Hall–Kier alpha value is -3.30.